The number of unbranched alkanes of at least 4 members (excludes halogenated alkanes) is 5. The van der Waals surface area contributed by atoms with Crippen LogP contribution in [0.5, 0.6) is 0 Å². The van der Waals surface area contributed by atoms with Crippen molar-refractivity contribution in [3.63, 3.8) is 0 Å². The zero-order valence-electron chi connectivity index (χ0n) is 17.1. The van der Waals surface area contributed by atoms with Crippen LogP contribution in [-0.2, 0) is 9.94 Å². The van der Waals surface area contributed by atoms with Crippen molar-refractivity contribution in [2.45, 2.75) is 76.2 Å². The lowest BCUT2D eigenvalue weighted by Crippen LogP contribution is -2.35. The molecule has 1 fully saturated rings. The molecule has 28 heavy (non-hydrogen) atoms. The van der Waals surface area contributed by atoms with Crippen molar-refractivity contribution in [2.24, 2.45) is 0 Å². The number of hydrogen-bond acceptors (Lipinski definition) is 2. The lowest BCUT2D eigenvalue weighted by atomic mass is 9.75. The van der Waals surface area contributed by atoms with Crippen molar-refractivity contribution in [2.75, 3.05) is 6.16 Å². The van der Waals surface area contributed by atoms with Crippen molar-refractivity contribution >= 4 is 8.38 Å². The fraction of sp³-hybridized carbons (Fsp3) is 0.520. The van der Waals surface area contributed by atoms with Crippen LogP contribution in [0.25, 0.3) is 11.1 Å². The molecular weight excluding hydrogens is 363 g/mol. The summed E-state index contributed by atoms with van der Waals surface area (Å²) in [5, 5.41) is 0. The molecule has 0 heterocycles. The molecule has 1 spiro atoms. The monoisotopic (exact) mass is 396 g/mol. The zero-order valence-corrected chi connectivity index (χ0v) is 18.0. The van der Waals surface area contributed by atoms with Gasteiger partial charge in [0.05, 0.1) is 6.10 Å². The van der Waals surface area contributed by atoms with Crippen LogP contribution in [0.15, 0.2) is 48.5 Å². The molecule has 3 heteroatoms. The standard InChI is InChI=1S/C25H33O2P/c1-2-3-4-5-6-11-19-28(26)27-24-17-12-18-25(24)22-15-9-7-13-20(22)21-14-8-10-16-23(21)25/h7-10,13-16,24,26H,2-6,11-12,17-19H2,1H3. The fourth-order valence-electron chi connectivity index (χ4n) is 5.32. The average Bonchev–Trinajstić information content (AvgIpc) is 3.26. The highest BCUT2D eigenvalue weighted by Gasteiger charge is 2.52. The smallest absolute Gasteiger partial charge is 0.168 e. The average molecular weight is 397 g/mol. The minimum atomic E-state index is -1.34. The second kappa shape index (κ2) is 9.08. The predicted molar refractivity (Wildman–Crippen MR) is 119 cm³/mol. The van der Waals surface area contributed by atoms with Crippen LogP contribution < -0.4 is 0 Å². The van der Waals surface area contributed by atoms with E-state index in [0.717, 1.165) is 31.8 Å². The summed E-state index contributed by atoms with van der Waals surface area (Å²) in [6, 6.07) is 17.6. The molecule has 2 aromatic carbocycles. The topological polar surface area (TPSA) is 29.5 Å². The number of hydrogen-bond donors (Lipinski definition) is 1. The highest BCUT2D eigenvalue weighted by Crippen LogP contribution is 2.59. The van der Waals surface area contributed by atoms with Gasteiger partial charge in [-0.3, -0.25) is 0 Å². The van der Waals surface area contributed by atoms with E-state index in [2.05, 4.69) is 55.5 Å². The minimum absolute atomic E-state index is 0.0718. The molecule has 2 nitrogen and oxygen atoms in total. The molecule has 0 saturated heterocycles. The molecule has 2 aromatic rings. The maximum atomic E-state index is 10.7. The third-order valence-electron chi connectivity index (χ3n) is 6.64. The minimum Gasteiger partial charge on any atom is -0.350 e. The first kappa shape index (κ1) is 20.1. The van der Waals surface area contributed by atoms with Gasteiger partial charge in [-0.15, -0.1) is 0 Å². The normalized spacial score (nSPS) is 20.3. The first-order valence-corrected chi connectivity index (χ1v) is 12.5. The number of fused-ring (bicyclic) bond motifs is 5. The molecule has 2 atom stereocenters. The van der Waals surface area contributed by atoms with Gasteiger partial charge >= 0.3 is 0 Å². The third-order valence-corrected chi connectivity index (χ3v) is 7.84. The second-order valence-electron chi connectivity index (χ2n) is 8.39. The van der Waals surface area contributed by atoms with Crippen molar-refractivity contribution in [3.05, 3.63) is 59.7 Å². The molecule has 2 aliphatic carbocycles. The maximum Gasteiger partial charge on any atom is 0.168 e. The Morgan fingerprint density at radius 1 is 0.929 bits per heavy atom. The molecule has 1 N–H and O–H groups in total. The molecule has 150 valence electrons. The molecule has 1 saturated carbocycles. The van der Waals surface area contributed by atoms with E-state index in [1.807, 2.05) is 0 Å². The Labute approximate surface area is 171 Å². The van der Waals surface area contributed by atoms with Gasteiger partial charge < -0.3 is 9.42 Å². The van der Waals surface area contributed by atoms with Gasteiger partial charge in [0, 0.05) is 11.6 Å². The van der Waals surface area contributed by atoms with Crippen molar-refractivity contribution in [3.8, 4) is 11.1 Å². The van der Waals surface area contributed by atoms with Crippen LogP contribution in [0.1, 0.15) is 75.8 Å². The largest absolute Gasteiger partial charge is 0.350 e. The van der Waals surface area contributed by atoms with E-state index in [4.69, 9.17) is 4.52 Å². The Morgan fingerprint density at radius 2 is 1.54 bits per heavy atom. The van der Waals surface area contributed by atoms with Crippen molar-refractivity contribution in [1.29, 1.82) is 0 Å². The van der Waals surface area contributed by atoms with Gasteiger partial charge in [-0.05, 0) is 47.9 Å². The van der Waals surface area contributed by atoms with Crippen LogP contribution in [0.3, 0.4) is 0 Å². The van der Waals surface area contributed by atoms with E-state index in [1.54, 1.807) is 0 Å². The van der Waals surface area contributed by atoms with E-state index < -0.39 is 8.38 Å². The van der Waals surface area contributed by atoms with Crippen molar-refractivity contribution in [1.82, 2.24) is 0 Å². The summed E-state index contributed by atoms with van der Waals surface area (Å²) in [7, 11) is -1.34. The molecule has 4 rings (SSSR count). The summed E-state index contributed by atoms with van der Waals surface area (Å²) >= 11 is 0. The van der Waals surface area contributed by atoms with Gasteiger partial charge in [0.25, 0.3) is 0 Å². The summed E-state index contributed by atoms with van der Waals surface area (Å²) in [6.45, 7) is 2.25. The van der Waals surface area contributed by atoms with E-state index in [1.165, 1.54) is 54.4 Å². The molecule has 0 aromatic heterocycles. The molecule has 0 aliphatic heterocycles. The maximum absolute atomic E-state index is 10.7. The summed E-state index contributed by atoms with van der Waals surface area (Å²) in [5.74, 6) is 0. The first-order valence-electron chi connectivity index (χ1n) is 11.1. The summed E-state index contributed by atoms with van der Waals surface area (Å²) in [5.41, 5.74) is 5.44. The lowest BCUT2D eigenvalue weighted by molar-refractivity contribution is 0.156. The molecule has 0 radical (unpaired) electrons. The molecule has 0 bridgehead atoms. The number of benzene rings is 2. The van der Waals surface area contributed by atoms with Gasteiger partial charge in [0.2, 0.25) is 0 Å². The SMILES string of the molecule is CCCCCCCCP(O)OC1CCCC12c1ccccc1-c1ccccc12. The highest BCUT2D eigenvalue weighted by atomic mass is 31.2. The van der Waals surface area contributed by atoms with Crippen LogP contribution in [-0.4, -0.2) is 17.2 Å². The Hall–Kier alpha value is -1.21. The first-order chi connectivity index (χ1) is 13.8. The van der Waals surface area contributed by atoms with Gasteiger partial charge in [0.15, 0.2) is 8.38 Å². The van der Waals surface area contributed by atoms with E-state index in [-0.39, 0.29) is 11.5 Å². The summed E-state index contributed by atoms with van der Waals surface area (Å²) in [6.07, 6.45) is 11.7. The van der Waals surface area contributed by atoms with E-state index >= 15 is 0 Å². The molecule has 0 amide bonds. The highest BCUT2D eigenvalue weighted by molar-refractivity contribution is 7.46. The van der Waals surface area contributed by atoms with Crippen LogP contribution in [0.2, 0.25) is 0 Å². The summed E-state index contributed by atoms with van der Waals surface area (Å²) in [4.78, 5) is 10.7. The third kappa shape index (κ3) is 3.67. The molecule has 2 unspecified atom stereocenters. The van der Waals surface area contributed by atoms with Crippen LogP contribution >= 0.6 is 8.38 Å². The van der Waals surface area contributed by atoms with E-state index in [0.29, 0.717) is 0 Å². The van der Waals surface area contributed by atoms with Crippen molar-refractivity contribution < 1.29 is 9.42 Å². The Morgan fingerprint density at radius 3 is 2.21 bits per heavy atom. The van der Waals surface area contributed by atoms with Gasteiger partial charge in [-0.2, -0.15) is 0 Å². The van der Waals surface area contributed by atoms with Crippen LogP contribution in [0, 0.1) is 0 Å². The van der Waals surface area contributed by atoms with Gasteiger partial charge in [0.1, 0.15) is 0 Å². The van der Waals surface area contributed by atoms with Gasteiger partial charge in [-0.25, -0.2) is 0 Å². The predicted octanol–water partition coefficient (Wildman–Crippen LogP) is 7.19. The van der Waals surface area contributed by atoms with Crippen LogP contribution in [0.4, 0.5) is 0 Å². The zero-order chi connectivity index (χ0) is 19.4. The fourth-order valence-corrected chi connectivity index (χ4v) is 6.50. The number of rotatable bonds is 9. The summed E-state index contributed by atoms with van der Waals surface area (Å²) < 4.78 is 6.41. The van der Waals surface area contributed by atoms with E-state index in [9.17, 15) is 4.89 Å². The Balaban J connectivity index is 1.48. The molecular formula is C25H33O2P. The second-order valence-corrected chi connectivity index (χ2v) is 9.75. The molecule has 2 aliphatic rings. The Kier molecular flexibility index (Phi) is 6.51. The lowest BCUT2D eigenvalue weighted by Gasteiger charge is -2.34. The van der Waals surface area contributed by atoms with Gasteiger partial charge in [-0.1, -0.05) is 87.6 Å². The Bertz CT molecular complexity index is 742. The quantitative estimate of drug-likeness (QED) is 0.359.